The number of morpholine rings is 1. The van der Waals surface area contributed by atoms with E-state index < -0.39 is 0 Å². The van der Waals surface area contributed by atoms with Gasteiger partial charge in [0.2, 0.25) is 0 Å². The lowest BCUT2D eigenvalue weighted by Crippen LogP contribution is -2.36. The van der Waals surface area contributed by atoms with E-state index in [4.69, 9.17) is 14.7 Å². The molecule has 4 rings (SSSR count). The molecule has 2 heterocycles. The second kappa shape index (κ2) is 7.32. The van der Waals surface area contributed by atoms with Crippen molar-refractivity contribution in [3.63, 3.8) is 0 Å². The van der Waals surface area contributed by atoms with E-state index in [2.05, 4.69) is 10.2 Å². The van der Waals surface area contributed by atoms with Gasteiger partial charge in [0.15, 0.2) is 5.82 Å². The highest BCUT2D eigenvalue weighted by Gasteiger charge is 2.15. The lowest BCUT2D eigenvalue weighted by Gasteiger charge is -2.28. The van der Waals surface area contributed by atoms with Gasteiger partial charge in [-0.05, 0) is 12.1 Å². The third kappa shape index (κ3) is 3.78. The van der Waals surface area contributed by atoms with Gasteiger partial charge in [-0.15, -0.1) is 0 Å². The van der Waals surface area contributed by atoms with Crippen LogP contribution in [0.15, 0.2) is 66.7 Å². The summed E-state index contributed by atoms with van der Waals surface area (Å²) in [4.78, 5) is 11.7. The Labute approximate surface area is 147 Å². The van der Waals surface area contributed by atoms with Crippen LogP contribution in [0.2, 0.25) is 0 Å². The lowest BCUT2D eigenvalue weighted by molar-refractivity contribution is 0.122. The van der Waals surface area contributed by atoms with Gasteiger partial charge in [0.05, 0.1) is 13.2 Å². The molecule has 0 aliphatic carbocycles. The van der Waals surface area contributed by atoms with Crippen molar-refractivity contribution in [1.29, 1.82) is 0 Å². The van der Waals surface area contributed by atoms with Crippen LogP contribution in [-0.4, -0.2) is 36.3 Å². The second-order valence-corrected chi connectivity index (χ2v) is 5.89. The SMILES string of the molecule is c1ccc(Nc2cc(N3CCOCC3)nc(-c3ccccc3)n2)cc1. The van der Waals surface area contributed by atoms with Crippen molar-refractivity contribution in [3.8, 4) is 11.4 Å². The largest absolute Gasteiger partial charge is 0.378 e. The van der Waals surface area contributed by atoms with Crippen LogP contribution in [0.3, 0.4) is 0 Å². The molecule has 0 atom stereocenters. The molecule has 1 saturated heterocycles. The molecule has 126 valence electrons. The Morgan fingerprint density at radius 2 is 1.52 bits per heavy atom. The molecule has 5 nitrogen and oxygen atoms in total. The van der Waals surface area contributed by atoms with E-state index >= 15 is 0 Å². The highest BCUT2D eigenvalue weighted by molar-refractivity contribution is 5.65. The monoisotopic (exact) mass is 332 g/mol. The summed E-state index contributed by atoms with van der Waals surface area (Å²) in [6, 6.07) is 22.1. The summed E-state index contributed by atoms with van der Waals surface area (Å²) in [7, 11) is 0. The number of nitrogens with one attached hydrogen (secondary N) is 1. The molecule has 0 unspecified atom stereocenters. The highest BCUT2D eigenvalue weighted by Crippen LogP contribution is 2.25. The van der Waals surface area contributed by atoms with Gasteiger partial charge in [0.1, 0.15) is 11.6 Å². The average molecular weight is 332 g/mol. The zero-order chi connectivity index (χ0) is 16.9. The number of rotatable bonds is 4. The summed E-state index contributed by atoms with van der Waals surface area (Å²) in [6.45, 7) is 3.14. The minimum atomic E-state index is 0.725. The van der Waals surface area contributed by atoms with E-state index in [1.165, 1.54) is 0 Å². The van der Waals surface area contributed by atoms with Crippen molar-refractivity contribution in [2.75, 3.05) is 36.5 Å². The molecule has 0 bridgehead atoms. The molecule has 1 aliphatic rings. The Morgan fingerprint density at radius 1 is 0.840 bits per heavy atom. The molecule has 0 spiro atoms. The topological polar surface area (TPSA) is 50.3 Å². The van der Waals surface area contributed by atoms with Gasteiger partial charge >= 0.3 is 0 Å². The fraction of sp³-hybridized carbons (Fsp3) is 0.200. The Hall–Kier alpha value is -2.92. The minimum Gasteiger partial charge on any atom is -0.378 e. The van der Waals surface area contributed by atoms with Crippen molar-refractivity contribution in [2.45, 2.75) is 0 Å². The van der Waals surface area contributed by atoms with E-state index in [1.54, 1.807) is 0 Å². The molecule has 2 aromatic carbocycles. The van der Waals surface area contributed by atoms with Gasteiger partial charge in [-0.1, -0.05) is 48.5 Å². The van der Waals surface area contributed by atoms with Crippen LogP contribution >= 0.6 is 0 Å². The lowest BCUT2D eigenvalue weighted by atomic mass is 10.2. The van der Waals surface area contributed by atoms with Gasteiger partial charge in [-0.2, -0.15) is 0 Å². The Balaban J connectivity index is 1.72. The third-order valence-electron chi connectivity index (χ3n) is 4.13. The first kappa shape index (κ1) is 15.6. The third-order valence-corrected chi connectivity index (χ3v) is 4.13. The maximum atomic E-state index is 5.46. The van der Waals surface area contributed by atoms with Crippen LogP contribution in [-0.2, 0) is 4.74 Å². The number of nitrogens with zero attached hydrogens (tertiary/aromatic N) is 3. The van der Waals surface area contributed by atoms with Crippen LogP contribution < -0.4 is 10.2 Å². The number of aromatic nitrogens is 2. The smallest absolute Gasteiger partial charge is 0.163 e. The summed E-state index contributed by atoms with van der Waals surface area (Å²) in [5.41, 5.74) is 2.02. The molecular weight excluding hydrogens is 312 g/mol. The van der Waals surface area contributed by atoms with Crippen LogP contribution in [0.1, 0.15) is 0 Å². The van der Waals surface area contributed by atoms with Gasteiger partial charge in [0.25, 0.3) is 0 Å². The Bertz CT molecular complexity index is 818. The molecule has 0 radical (unpaired) electrons. The summed E-state index contributed by atoms with van der Waals surface area (Å²) < 4.78 is 5.46. The molecule has 3 aromatic rings. The van der Waals surface area contributed by atoms with Crippen molar-refractivity contribution < 1.29 is 4.74 Å². The molecule has 5 heteroatoms. The maximum absolute atomic E-state index is 5.46. The first-order chi connectivity index (χ1) is 12.4. The minimum absolute atomic E-state index is 0.725. The maximum Gasteiger partial charge on any atom is 0.163 e. The van der Waals surface area contributed by atoms with E-state index in [9.17, 15) is 0 Å². The fourth-order valence-corrected chi connectivity index (χ4v) is 2.84. The number of benzene rings is 2. The van der Waals surface area contributed by atoms with E-state index in [0.717, 1.165) is 55.0 Å². The molecular formula is C20H20N4O. The van der Waals surface area contributed by atoms with Gasteiger partial charge < -0.3 is 15.0 Å². The van der Waals surface area contributed by atoms with Gasteiger partial charge in [-0.25, -0.2) is 9.97 Å². The first-order valence-electron chi connectivity index (χ1n) is 8.48. The summed E-state index contributed by atoms with van der Waals surface area (Å²) in [6.07, 6.45) is 0. The molecule has 0 saturated carbocycles. The average Bonchev–Trinajstić information content (AvgIpc) is 2.70. The molecule has 1 aromatic heterocycles. The number of hydrogen-bond acceptors (Lipinski definition) is 5. The van der Waals surface area contributed by atoms with Crippen molar-refractivity contribution in [3.05, 3.63) is 66.7 Å². The van der Waals surface area contributed by atoms with Crippen LogP contribution in [0, 0.1) is 0 Å². The molecule has 0 amide bonds. The first-order valence-corrected chi connectivity index (χ1v) is 8.48. The van der Waals surface area contributed by atoms with Gasteiger partial charge in [0, 0.05) is 30.4 Å². The Morgan fingerprint density at radius 3 is 2.24 bits per heavy atom. The molecule has 1 fully saturated rings. The number of ether oxygens (including phenoxy) is 1. The van der Waals surface area contributed by atoms with Crippen molar-refractivity contribution in [1.82, 2.24) is 9.97 Å². The van der Waals surface area contributed by atoms with Crippen LogP contribution in [0.4, 0.5) is 17.3 Å². The van der Waals surface area contributed by atoms with E-state index in [1.807, 2.05) is 66.7 Å². The summed E-state index contributed by atoms with van der Waals surface area (Å²) in [5, 5.41) is 3.38. The standard InChI is InChI=1S/C20H20N4O/c1-3-7-16(8-4-1)20-22-18(21-17-9-5-2-6-10-17)15-19(23-20)24-11-13-25-14-12-24/h1-10,15H,11-14H2,(H,21,22,23). The number of para-hydroxylation sites is 1. The zero-order valence-electron chi connectivity index (χ0n) is 13.9. The molecule has 1 aliphatic heterocycles. The summed E-state index contributed by atoms with van der Waals surface area (Å²) in [5.74, 6) is 2.44. The van der Waals surface area contributed by atoms with Crippen LogP contribution in [0.5, 0.6) is 0 Å². The van der Waals surface area contributed by atoms with E-state index in [0.29, 0.717) is 0 Å². The molecule has 1 N–H and O–H groups in total. The predicted molar refractivity (Wildman–Crippen MR) is 100 cm³/mol. The van der Waals surface area contributed by atoms with Crippen molar-refractivity contribution >= 4 is 17.3 Å². The normalized spacial score (nSPS) is 14.3. The highest BCUT2D eigenvalue weighted by atomic mass is 16.5. The molecule has 25 heavy (non-hydrogen) atoms. The Kier molecular flexibility index (Phi) is 4.57. The fourth-order valence-electron chi connectivity index (χ4n) is 2.84. The van der Waals surface area contributed by atoms with E-state index in [-0.39, 0.29) is 0 Å². The van der Waals surface area contributed by atoms with Crippen LogP contribution in [0.25, 0.3) is 11.4 Å². The quantitative estimate of drug-likeness (QED) is 0.789. The second-order valence-electron chi connectivity index (χ2n) is 5.89. The number of hydrogen-bond donors (Lipinski definition) is 1. The zero-order valence-corrected chi connectivity index (χ0v) is 13.9. The predicted octanol–water partition coefficient (Wildman–Crippen LogP) is 3.72. The van der Waals surface area contributed by atoms with Gasteiger partial charge in [-0.3, -0.25) is 0 Å². The number of anilines is 3. The summed E-state index contributed by atoms with van der Waals surface area (Å²) >= 11 is 0. The van der Waals surface area contributed by atoms with Crippen molar-refractivity contribution in [2.24, 2.45) is 0 Å².